The molecule has 0 atom stereocenters. The SMILES string of the molecule is O=C(O)/C=C(\CO)c1ccc2c(c1)CCCS2. The third-order valence-electron chi connectivity index (χ3n) is 2.75. The second-order valence-electron chi connectivity index (χ2n) is 3.94. The van der Waals surface area contributed by atoms with Crippen LogP contribution in [0.15, 0.2) is 29.2 Å². The van der Waals surface area contributed by atoms with Crippen LogP contribution in [0.1, 0.15) is 17.5 Å². The minimum absolute atomic E-state index is 0.252. The minimum atomic E-state index is -1.03. The maximum absolute atomic E-state index is 10.6. The van der Waals surface area contributed by atoms with Crippen molar-refractivity contribution in [2.75, 3.05) is 12.4 Å². The molecule has 0 spiro atoms. The molecular weight excluding hydrogens is 236 g/mol. The van der Waals surface area contributed by atoms with Crippen LogP contribution >= 0.6 is 11.8 Å². The summed E-state index contributed by atoms with van der Waals surface area (Å²) >= 11 is 1.83. The molecule has 0 saturated heterocycles. The van der Waals surface area contributed by atoms with Crippen molar-refractivity contribution in [2.45, 2.75) is 17.7 Å². The van der Waals surface area contributed by atoms with E-state index in [2.05, 4.69) is 0 Å². The summed E-state index contributed by atoms with van der Waals surface area (Å²) in [7, 11) is 0. The Kier molecular flexibility index (Phi) is 3.86. The lowest BCUT2D eigenvalue weighted by Gasteiger charge is -2.16. The van der Waals surface area contributed by atoms with E-state index in [1.54, 1.807) is 0 Å². The van der Waals surface area contributed by atoms with Crippen LogP contribution < -0.4 is 0 Å². The highest BCUT2D eigenvalue weighted by molar-refractivity contribution is 7.99. The molecule has 0 aliphatic carbocycles. The van der Waals surface area contributed by atoms with Gasteiger partial charge in [0.25, 0.3) is 0 Å². The van der Waals surface area contributed by atoms with E-state index in [1.165, 1.54) is 10.5 Å². The summed E-state index contributed by atoms with van der Waals surface area (Å²) in [4.78, 5) is 11.9. The van der Waals surface area contributed by atoms with Gasteiger partial charge < -0.3 is 10.2 Å². The van der Waals surface area contributed by atoms with E-state index >= 15 is 0 Å². The summed E-state index contributed by atoms with van der Waals surface area (Å²) in [5, 5.41) is 17.9. The number of fused-ring (bicyclic) bond motifs is 1. The summed E-state index contributed by atoms with van der Waals surface area (Å²) in [6.45, 7) is -0.252. The van der Waals surface area contributed by atoms with Gasteiger partial charge in [-0.25, -0.2) is 4.79 Å². The topological polar surface area (TPSA) is 57.5 Å². The molecule has 1 heterocycles. The van der Waals surface area contributed by atoms with Gasteiger partial charge in [-0.2, -0.15) is 0 Å². The van der Waals surface area contributed by atoms with Gasteiger partial charge in [0.15, 0.2) is 0 Å². The number of carboxylic acid groups (broad SMARTS) is 1. The molecule has 0 amide bonds. The molecule has 1 aliphatic heterocycles. The number of aliphatic hydroxyl groups is 1. The Morgan fingerprint density at radius 2 is 2.29 bits per heavy atom. The summed E-state index contributed by atoms with van der Waals surface area (Å²) < 4.78 is 0. The average Bonchev–Trinajstić information content (AvgIpc) is 2.35. The highest BCUT2D eigenvalue weighted by Gasteiger charge is 2.11. The predicted molar refractivity (Wildman–Crippen MR) is 68.2 cm³/mol. The fourth-order valence-corrected chi connectivity index (χ4v) is 2.95. The van der Waals surface area contributed by atoms with Gasteiger partial charge in [-0.3, -0.25) is 0 Å². The molecule has 17 heavy (non-hydrogen) atoms. The van der Waals surface area contributed by atoms with Crippen molar-refractivity contribution in [2.24, 2.45) is 0 Å². The maximum Gasteiger partial charge on any atom is 0.328 e. The highest BCUT2D eigenvalue weighted by atomic mass is 32.2. The first-order valence-electron chi connectivity index (χ1n) is 5.51. The number of hydrogen-bond acceptors (Lipinski definition) is 3. The van der Waals surface area contributed by atoms with Crippen LogP contribution in [0.25, 0.3) is 5.57 Å². The van der Waals surface area contributed by atoms with Crippen molar-refractivity contribution < 1.29 is 15.0 Å². The van der Waals surface area contributed by atoms with Crippen LogP contribution in [0.4, 0.5) is 0 Å². The van der Waals surface area contributed by atoms with Gasteiger partial charge >= 0.3 is 5.97 Å². The van der Waals surface area contributed by atoms with Gasteiger partial charge in [-0.05, 0) is 41.4 Å². The van der Waals surface area contributed by atoms with Gasteiger partial charge in [-0.1, -0.05) is 12.1 Å². The zero-order valence-corrected chi connectivity index (χ0v) is 10.2. The second kappa shape index (κ2) is 5.38. The van der Waals surface area contributed by atoms with E-state index in [4.69, 9.17) is 5.11 Å². The van der Waals surface area contributed by atoms with E-state index in [0.29, 0.717) is 5.57 Å². The lowest BCUT2D eigenvalue weighted by Crippen LogP contribution is -2.01. The van der Waals surface area contributed by atoms with Gasteiger partial charge in [0, 0.05) is 11.0 Å². The number of rotatable bonds is 3. The lowest BCUT2D eigenvalue weighted by atomic mass is 10.0. The fourth-order valence-electron chi connectivity index (χ4n) is 1.93. The standard InChI is InChI=1S/C13H14O3S/c14-8-11(7-13(15)16)9-3-4-12-10(6-9)2-1-5-17-12/h3-4,6-7,14H,1-2,5,8H2,(H,15,16)/b11-7+. The summed E-state index contributed by atoms with van der Waals surface area (Å²) in [5.41, 5.74) is 2.51. The van der Waals surface area contributed by atoms with Crippen molar-refractivity contribution in [3.05, 3.63) is 35.4 Å². The summed E-state index contributed by atoms with van der Waals surface area (Å²) in [6.07, 6.45) is 3.25. The largest absolute Gasteiger partial charge is 0.478 e. The van der Waals surface area contributed by atoms with Gasteiger partial charge in [0.1, 0.15) is 0 Å². The van der Waals surface area contributed by atoms with E-state index < -0.39 is 5.97 Å². The number of aliphatic carboxylic acids is 1. The Morgan fingerprint density at radius 3 is 3.00 bits per heavy atom. The number of carbonyl (C=O) groups is 1. The van der Waals surface area contributed by atoms with Crippen LogP contribution in [0.3, 0.4) is 0 Å². The normalized spacial score (nSPS) is 15.5. The van der Waals surface area contributed by atoms with E-state index in [-0.39, 0.29) is 6.61 Å². The molecule has 90 valence electrons. The van der Waals surface area contributed by atoms with Crippen molar-refractivity contribution in [3.63, 3.8) is 0 Å². The third kappa shape index (κ3) is 2.90. The van der Waals surface area contributed by atoms with Gasteiger partial charge in [0.2, 0.25) is 0 Å². The van der Waals surface area contributed by atoms with Crippen molar-refractivity contribution in [1.82, 2.24) is 0 Å². The number of thioether (sulfide) groups is 1. The zero-order valence-electron chi connectivity index (χ0n) is 9.35. The summed E-state index contributed by atoms with van der Waals surface area (Å²) in [5.74, 6) is 0.116. The molecular formula is C13H14O3S. The minimum Gasteiger partial charge on any atom is -0.478 e. The first-order valence-corrected chi connectivity index (χ1v) is 6.49. The highest BCUT2D eigenvalue weighted by Crippen LogP contribution is 2.31. The first-order chi connectivity index (χ1) is 8.20. The third-order valence-corrected chi connectivity index (χ3v) is 3.95. The van der Waals surface area contributed by atoms with Crippen LogP contribution in [-0.4, -0.2) is 28.5 Å². The quantitative estimate of drug-likeness (QED) is 0.807. The number of aryl methyl sites for hydroxylation is 1. The van der Waals surface area contributed by atoms with Gasteiger partial charge in [-0.15, -0.1) is 11.8 Å². The predicted octanol–water partition coefficient (Wildman–Crippen LogP) is 2.19. The first kappa shape index (κ1) is 12.2. The van der Waals surface area contributed by atoms with E-state index in [9.17, 15) is 9.90 Å². The monoisotopic (exact) mass is 250 g/mol. The fraction of sp³-hybridized carbons (Fsp3) is 0.308. The molecule has 0 unspecified atom stereocenters. The van der Waals surface area contributed by atoms with E-state index in [1.807, 2.05) is 30.0 Å². The van der Waals surface area contributed by atoms with Crippen molar-refractivity contribution >= 4 is 23.3 Å². The molecule has 1 aliphatic rings. The van der Waals surface area contributed by atoms with Gasteiger partial charge in [0.05, 0.1) is 6.61 Å². The molecule has 0 bridgehead atoms. The molecule has 0 aromatic heterocycles. The summed E-state index contributed by atoms with van der Waals surface area (Å²) in [6, 6.07) is 5.88. The number of benzene rings is 1. The van der Waals surface area contributed by atoms with Crippen LogP contribution in [-0.2, 0) is 11.2 Å². The molecule has 0 fully saturated rings. The Hall–Kier alpha value is -1.26. The Balaban J connectivity index is 2.35. The van der Waals surface area contributed by atoms with Crippen molar-refractivity contribution in [3.8, 4) is 0 Å². The average molecular weight is 250 g/mol. The van der Waals surface area contributed by atoms with Crippen LogP contribution in [0.2, 0.25) is 0 Å². The van der Waals surface area contributed by atoms with Crippen molar-refractivity contribution in [1.29, 1.82) is 0 Å². The second-order valence-corrected chi connectivity index (χ2v) is 5.08. The molecule has 0 radical (unpaired) electrons. The number of hydrogen-bond donors (Lipinski definition) is 2. The lowest BCUT2D eigenvalue weighted by molar-refractivity contribution is -0.131. The Morgan fingerprint density at radius 1 is 1.47 bits per heavy atom. The molecule has 1 aromatic carbocycles. The molecule has 4 heteroatoms. The number of aliphatic hydroxyl groups excluding tert-OH is 1. The van der Waals surface area contributed by atoms with Crippen LogP contribution in [0.5, 0.6) is 0 Å². The zero-order chi connectivity index (χ0) is 12.3. The molecule has 3 nitrogen and oxygen atoms in total. The molecule has 1 aromatic rings. The Bertz CT molecular complexity index is 466. The molecule has 2 rings (SSSR count). The van der Waals surface area contributed by atoms with E-state index in [0.717, 1.165) is 30.2 Å². The van der Waals surface area contributed by atoms with Crippen LogP contribution in [0, 0.1) is 0 Å². The smallest absolute Gasteiger partial charge is 0.328 e. The molecule has 2 N–H and O–H groups in total. The number of carboxylic acids is 1. The Labute approximate surface area is 104 Å². The molecule has 0 saturated carbocycles. The maximum atomic E-state index is 10.6.